The van der Waals surface area contributed by atoms with Crippen LogP contribution >= 0.6 is 0 Å². The van der Waals surface area contributed by atoms with Crippen LogP contribution in [0.15, 0.2) is 0 Å². The van der Waals surface area contributed by atoms with Gasteiger partial charge in [-0.05, 0) is 0 Å². The van der Waals surface area contributed by atoms with Crippen molar-refractivity contribution in [1.82, 2.24) is 44.5 Å². The lowest BCUT2D eigenvalue weighted by atomic mass is 10.2. The molecular weight excluding hydrogens is 758 g/mol. The highest BCUT2D eigenvalue weighted by atomic mass is 16.4. The van der Waals surface area contributed by atoms with Gasteiger partial charge in [-0.1, -0.05) is 0 Å². The Morgan fingerprint density at radius 1 is 0.351 bits per heavy atom. The smallest absolute Gasteiger partial charge is 0.317 e. The zero-order chi connectivity index (χ0) is 42.3. The van der Waals surface area contributed by atoms with E-state index in [2.05, 4.69) is 5.32 Å². The molecule has 2 fully saturated rings. The Hall–Kier alpha value is -3.62. The zero-order valence-electron chi connectivity index (χ0n) is 32.6. The highest BCUT2D eigenvalue weighted by molar-refractivity contribution is 5.70. The number of rotatable bonds is 20. The minimum absolute atomic E-state index is 0.223. The van der Waals surface area contributed by atoms with Gasteiger partial charge in [-0.15, -0.1) is 0 Å². The van der Waals surface area contributed by atoms with Gasteiger partial charge < -0.3 is 46.2 Å². The lowest BCUT2D eigenvalue weighted by Gasteiger charge is -2.37. The van der Waals surface area contributed by atoms with Gasteiger partial charge in [0.2, 0.25) is 0 Å². The summed E-state index contributed by atoms with van der Waals surface area (Å²) in [7, 11) is 0. The molecule has 328 valence electrons. The van der Waals surface area contributed by atoms with Gasteiger partial charge in [0, 0.05) is 130 Å². The first kappa shape index (κ1) is 49.5. The Labute approximate surface area is 332 Å². The van der Waals surface area contributed by atoms with E-state index in [0.717, 1.165) is 0 Å². The van der Waals surface area contributed by atoms with Crippen molar-refractivity contribution in [2.75, 3.05) is 170 Å². The van der Waals surface area contributed by atoms with Gasteiger partial charge in [0.15, 0.2) is 0 Å². The number of hydrogen-bond acceptors (Lipinski definition) is 17. The second-order valence-electron chi connectivity index (χ2n) is 14.4. The van der Waals surface area contributed by atoms with Crippen LogP contribution in [0.4, 0.5) is 0 Å². The summed E-state index contributed by atoms with van der Waals surface area (Å²) < 4.78 is 0. The molecule has 0 spiro atoms. The third-order valence-corrected chi connectivity index (χ3v) is 10.1. The summed E-state index contributed by atoms with van der Waals surface area (Å²) >= 11 is 0. The monoisotopic (exact) mass is 821 g/mol. The fraction of sp³-hybridized carbons (Fsp3) is 0.824. The van der Waals surface area contributed by atoms with Gasteiger partial charge in [-0.25, -0.2) is 0 Å². The number of carboxylic acids is 6. The van der Waals surface area contributed by atoms with Crippen molar-refractivity contribution in [2.24, 2.45) is 0 Å². The number of nitrogens with zero attached hydrogens (tertiary/aromatic N) is 8. The summed E-state index contributed by atoms with van der Waals surface area (Å²) in [5.41, 5.74) is 0. The molecule has 2 unspecified atom stereocenters. The molecule has 0 aromatic rings. The van der Waals surface area contributed by atoms with Crippen molar-refractivity contribution >= 4 is 35.8 Å². The zero-order valence-corrected chi connectivity index (χ0v) is 32.6. The standard InChI is InChI=1S/C34H63N9O14/c44-25-27(42-13-9-38(21-31(50)51)5-1-36(19-29(46)47)2-6-39(10-14-42)22-32(52)53)17-35-18-28(26-45)43-15-11-40(23-33(54)55)7-3-37(20-30(48)49)4-8-41(12-16-43)24-34(56)57/h27-28,35,44-45H,1-26H2,(H,46,47)(H,48,49)(H,50,51)(H,52,53)(H,54,55)(H,56,57). The molecule has 0 aromatic carbocycles. The number of carbonyl (C=O) groups is 6. The van der Waals surface area contributed by atoms with Crippen molar-refractivity contribution < 1.29 is 69.6 Å². The van der Waals surface area contributed by atoms with Gasteiger partial charge in [0.05, 0.1) is 52.5 Å². The topological polar surface area (TPSA) is 302 Å². The van der Waals surface area contributed by atoms with E-state index in [1.165, 1.54) is 0 Å². The molecule has 0 aromatic heterocycles. The highest BCUT2D eigenvalue weighted by Gasteiger charge is 2.26. The molecule has 2 rings (SSSR count). The average Bonchev–Trinajstić information content (AvgIpc) is 3.11. The molecule has 0 aliphatic carbocycles. The van der Waals surface area contributed by atoms with Crippen LogP contribution < -0.4 is 5.32 Å². The van der Waals surface area contributed by atoms with Crippen LogP contribution in [0.1, 0.15) is 0 Å². The van der Waals surface area contributed by atoms with Crippen LogP contribution in [0.3, 0.4) is 0 Å². The molecule has 2 aliphatic heterocycles. The average molecular weight is 822 g/mol. The lowest BCUT2D eigenvalue weighted by molar-refractivity contribution is -0.140. The first-order chi connectivity index (χ1) is 27.1. The second-order valence-corrected chi connectivity index (χ2v) is 14.4. The lowest BCUT2D eigenvalue weighted by Crippen LogP contribution is -2.55. The van der Waals surface area contributed by atoms with Crippen LogP contribution in [0.2, 0.25) is 0 Å². The summed E-state index contributed by atoms with van der Waals surface area (Å²) in [6, 6.07) is -1.02. The van der Waals surface area contributed by atoms with Crippen LogP contribution in [-0.4, -0.2) is 298 Å². The largest absolute Gasteiger partial charge is 0.480 e. The molecule has 0 bridgehead atoms. The van der Waals surface area contributed by atoms with Crippen molar-refractivity contribution in [3.63, 3.8) is 0 Å². The maximum atomic E-state index is 11.7. The number of nitrogens with one attached hydrogen (secondary N) is 1. The second kappa shape index (κ2) is 27.1. The molecule has 2 heterocycles. The summed E-state index contributed by atoms with van der Waals surface area (Å²) in [5, 5.41) is 81.5. The van der Waals surface area contributed by atoms with Gasteiger partial charge in [0.1, 0.15) is 0 Å². The SMILES string of the molecule is O=C(O)CN1CCN(CC(=O)O)CCN(C(CO)CNCC(CO)N2CCN(CC(=O)O)CCN(CC(=O)O)CCN(CC(=O)O)CC2)CCN(CC(=O)O)CC1. The Bertz CT molecular complexity index is 1110. The Kier molecular flexibility index (Phi) is 23.6. The number of aliphatic hydroxyl groups excluding tert-OH is 2. The van der Waals surface area contributed by atoms with E-state index < -0.39 is 47.9 Å². The Morgan fingerprint density at radius 2 is 0.526 bits per heavy atom. The third kappa shape index (κ3) is 21.6. The molecule has 0 saturated carbocycles. The number of aliphatic hydroxyl groups is 2. The van der Waals surface area contributed by atoms with Crippen LogP contribution in [0, 0.1) is 0 Å². The molecule has 2 atom stereocenters. The highest BCUT2D eigenvalue weighted by Crippen LogP contribution is 2.08. The van der Waals surface area contributed by atoms with Crippen molar-refractivity contribution in [2.45, 2.75) is 12.1 Å². The first-order valence-corrected chi connectivity index (χ1v) is 19.1. The predicted molar refractivity (Wildman–Crippen MR) is 202 cm³/mol. The molecule has 23 heteroatoms. The fourth-order valence-corrected chi connectivity index (χ4v) is 6.97. The molecule has 2 aliphatic rings. The molecule has 2 saturated heterocycles. The van der Waals surface area contributed by atoms with E-state index in [1.54, 1.807) is 29.4 Å². The van der Waals surface area contributed by atoms with E-state index in [-0.39, 0.29) is 144 Å². The Morgan fingerprint density at radius 3 is 0.684 bits per heavy atom. The quantitative estimate of drug-likeness (QED) is 0.0553. The maximum absolute atomic E-state index is 11.7. The van der Waals surface area contributed by atoms with Gasteiger partial charge in [-0.3, -0.25) is 68.0 Å². The van der Waals surface area contributed by atoms with Crippen LogP contribution in [0.25, 0.3) is 0 Å². The molecular formula is C34H63N9O14. The van der Waals surface area contributed by atoms with E-state index in [0.29, 0.717) is 26.2 Å². The van der Waals surface area contributed by atoms with Crippen molar-refractivity contribution in [1.29, 1.82) is 0 Å². The summed E-state index contributed by atoms with van der Waals surface area (Å²) in [5.74, 6) is -6.33. The van der Waals surface area contributed by atoms with E-state index in [9.17, 15) is 69.6 Å². The number of aliphatic carboxylic acids is 6. The Balaban J connectivity index is 2.23. The minimum Gasteiger partial charge on any atom is -0.480 e. The normalized spacial score (nSPS) is 20.9. The molecule has 57 heavy (non-hydrogen) atoms. The molecule has 0 radical (unpaired) electrons. The van der Waals surface area contributed by atoms with Gasteiger partial charge in [-0.2, -0.15) is 0 Å². The molecule has 9 N–H and O–H groups in total. The fourth-order valence-electron chi connectivity index (χ4n) is 6.97. The molecule has 23 nitrogen and oxygen atoms in total. The van der Waals surface area contributed by atoms with Crippen molar-refractivity contribution in [3.05, 3.63) is 0 Å². The maximum Gasteiger partial charge on any atom is 0.317 e. The van der Waals surface area contributed by atoms with Gasteiger partial charge in [0.25, 0.3) is 0 Å². The predicted octanol–water partition coefficient (Wildman–Crippen LogP) is -5.75. The summed E-state index contributed by atoms with van der Waals surface area (Å²) in [6.07, 6.45) is 0. The minimum atomic E-state index is -1.06. The number of hydrogen-bond donors (Lipinski definition) is 9. The summed E-state index contributed by atoms with van der Waals surface area (Å²) in [6.45, 7) is 2.37. The number of carboxylic acid groups (broad SMARTS) is 6. The van der Waals surface area contributed by atoms with E-state index in [4.69, 9.17) is 0 Å². The third-order valence-electron chi connectivity index (χ3n) is 10.1. The summed E-state index contributed by atoms with van der Waals surface area (Å²) in [4.78, 5) is 83.7. The van der Waals surface area contributed by atoms with E-state index >= 15 is 0 Å². The molecule has 0 amide bonds. The van der Waals surface area contributed by atoms with E-state index in [1.807, 2.05) is 9.80 Å². The van der Waals surface area contributed by atoms with Gasteiger partial charge >= 0.3 is 35.8 Å². The first-order valence-electron chi connectivity index (χ1n) is 19.1. The van der Waals surface area contributed by atoms with Crippen molar-refractivity contribution in [3.8, 4) is 0 Å². The van der Waals surface area contributed by atoms with Crippen LogP contribution in [-0.2, 0) is 28.8 Å². The van der Waals surface area contributed by atoms with Crippen LogP contribution in [0.5, 0.6) is 0 Å².